The highest BCUT2D eigenvalue weighted by atomic mass is 16.3. The number of hydrogen-bond donors (Lipinski definition) is 1. The lowest BCUT2D eigenvalue weighted by Gasteiger charge is -2.03. The number of nitrogens with one attached hydrogen (secondary N) is 1. The van der Waals surface area contributed by atoms with Crippen molar-refractivity contribution in [1.82, 2.24) is 0 Å². The minimum Gasteiger partial charge on any atom is -0.385 e. The van der Waals surface area contributed by atoms with Crippen LogP contribution in [0.15, 0.2) is 35.5 Å². The fourth-order valence-electron chi connectivity index (χ4n) is 1.09. The van der Waals surface area contributed by atoms with Gasteiger partial charge < -0.3 is 5.32 Å². The Kier molecular flexibility index (Phi) is 4.61. The van der Waals surface area contributed by atoms with Crippen LogP contribution in [0.2, 0.25) is 0 Å². The summed E-state index contributed by atoms with van der Waals surface area (Å²) in [6.45, 7) is 1.33. The summed E-state index contributed by atoms with van der Waals surface area (Å²) < 4.78 is 0. The van der Waals surface area contributed by atoms with E-state index >= 15 is 0 Å². The standard InChI is InChI=1S/C10H14N2O/c13-12-9-5-4-8-11-10-6-2-1-3-7-10/h1-3,6-7,11H,4-5,8-9H2. The summed E-state index contributed by atoms with van der Waals surface area (Å²) in [5, 5.41) is 6.06. The van der Waals surface area contributed by atoms with Crippen molar-refractivity contribution in [2.45, 2.75) is 12.8 Å². The minimum atomic E-state index is 0.427. The van der Waals surface area contributed by atoms with Crippen molar-refractivity contribution >= 4 is 5.69 Å². The maximum atomic E-state index is 9.77. The molecule has 0 heterocycles. The summed E-state index contributed by atoms with van der Waals surface area (Å²) in [6.07, 6.45) is 1.85. The van der Waals surface area contributed by atoms with Crippen molar-refractivity contribution in [2.24, 2.45) is 5.18 Å². The van der Waals surface area contributed by atoms with Gasteiger partial charge in [0.2, 0.25) is 0 Å². The Bertz CT molecular complexity index is 236. The van der Waals surface area contributed by atoms with E-state index in [-0.39, 0.29) is 0 Å². The van der Waals surface area contributed by atoms with Gasteiger partial charge in [0, 0.05) is 12.2 Å². The van der Waals surface area contributed by atoms with Gasteiger partial charge in [-0.25, -0.2) is 0 Å². The molecule has 0 bridgehead atoms. The molecule has 0 spiro atoms. The Morgan fingerprint density at radius 2 is 1.92 bits per heavy atom. The number of rotatable bonds is 6. The minimum absolute atomic E-state index is 0.427. The third kappa shape index (κ3) is 4.25. The third-order valence-corrected chi connectivity index (χ3v) is 1.78. The Labute approximate surface area is 78.1 Å². The normalized spacial score (nSPS) is 9.54. The summed E-state index contributed by atoms with van der Waals surface area (Å²) in [7, 11) is 0. The fourth-order valence-corrected chi connectivity index (χ4v) is 1.09. The maximum absolute atomic E-state index is 9.77. The average Bonchev–Trinajstić information content (AvgIpc) is 2.19. The van der Waals surface area contributed by atoms with Crippen LogP contribution in [-0.2, 0) is 0 Å². The molecule has 0 atom stereocenters. The highest BCUT2D eigenvalue weighted by Crippen LogP contribution is 2.04. The van der Waals surface area contributed by atoms with E-state index in [1.165, 1.54) is 0 Å². The zero-order valence-corrected chi connectivity index (χ0v) is 7.57. The number of benzene rings is 1. The first-order valence-corrected chi connectivity index (χ1v) is 4.51. The Morgan fingerprint density at radius 3 is 2.62 bits per heavy atom. The molecule has 0 aromatic heterocycles. The Hall–Kier alpha value is -1.38. The molecule has 1 aromatic carbocycles. The SMILES string of the molecule is O=NCCCCNc1ccccc1. The van der Waals surface area contributed by atoms with E-state index in [1.54, 1.807) is 0 Å². The van der Waals surface area contributed by atoms with Crippen LogP contribution in [0.3, 0.4) is 0 Å². The molecule has 0 saturated carbocycles. The van der Waals surface area contributed by atoms with E-state index in [4.69, 9.17) is 0 Å². The van der Waals surface area contributed by atoms with Gasteiger partial charge in [0.1, 0.15) is 0 Å². The predicted octanol–water partition coefficient (Wildman–Crippen LogP) is 2.65. The molecular weight excluding hydrogens is 164 g/mol. The first-order chi connectivity index (χ1) is 6.43. The second-order valence-corrected chi connectivity index (χ2v) is 2.85. The number of nitrogens with zero attached hydrogens (tertiary/aromatic N) is 1. The molecule has 70 valence electrons. The molecule has 0 aliphatic rings. The van der Waals surface area contributed by atoms with E-state index in [9.17, 15) is 4.91 Å². The molecule has 1 N–H and O–H groups in total. The quantitative estimate of drug-likeness (QED) is 0.537. The smallest absolute Gasteiger partial charge is 0.0811 e. The van der Waals surface area contributed by atoms with Gasteiger partial charge in [-0.1, -0.05) is 23.4 Å². The number of anilines is 1. The maximum Gasteiger partial charge on any atom is 0.0811 e. The summed E-state index contributed by atoms with van der Waals surface area (Å²) in [4.78, 5) is 9.77. The molecule has 3 nitrogen and oxygen atoms in total. The molecule has 0 saturated heterocycles. The van der Waals surface area contributed by atoms with Gasteiger partial charge in [0.25, 0.3) is 0 Å². The van der Waals surface area contributed by atoms with Gasteiger partial charge in [-0.05, 0) is 25.0 Å². The molecule has 0 unspecified atom stereocenters. The Morgan fingerprint density at radius 1 is 1.15 bits per heavy atom. The van der Waals surface area contributed by atoms with Crippen LogP contribution in [0, 0.1) is 4.91 Å². The van der Waals surface area contributed by atoms with E-state index in [2.05, 4.69) is 10.5 Å². The third-order valence-electron chi connectivity index (χ3n) is 1.78. The molecule has 0 aliphatic carbocycles. The fraction of sp³-hybridized carbons (Fsp3) is 0.400. The highest BCUT2D eigenvalue weighted by molar-refractivity contribution is 5.42. The van der Waals surface area contributed by atoms with Gasteiger partial charge >= 0.3 is 0 Å². The van der Waals surface area contributed by atoms with Gasteiger partial charge in [-0.15, -0.1) is 0 Å². The summed E-state index contributed by atoms with van der Waals surface area (Å²) in [6, 6.07) is 10.0. The van der Waals surface area contributed by atoms with Crippen LogP contribution >= 0.6 is 0 Å². The number of nitroso groups, excluding NO2 is 1. The van der Waals surface area contributed by atoms with Crippen molar-refractivity contribution in [1.29, 1.82) is 0 Å². The highest BCUT2D eigenvalue weighted by Gasteiger charge is 1.89. The van der Waals surface area contributed by atoms with Crippen LogP contribution in [-0.4, -0.2) is 13.1 Å². The van der Waals surface area contributed by atoms with Gasteiger partial charge in [-0.3, -0.25) is 0 Å². The van der Waals surface area contributed by atoms with E-state index in [0.29, 0.717) is 6.54 Å². The van der Waals surface area contributed by atoms with Crippen LogP contribution < -0.4 is 5.32 Å². The van der Waals surface area contributed by atoms with Crippen molar-refractivity contribution < 1.29 is 0 Å². The summed E-state index contributed by atoms with van der Waals surface area (Å²) in [5.41, 5.74) is 1.13. The van der Waals surface area contributed by atoms with E-state index < -0.39 is 0 Å². The van der Waals surface area contributed by atoms with Gasteiger partial charge in [0.15, 0.2) is 0 Å². The number of unbranched alkanes of at least 4 members (excludes halogenated alkanes) is 1. The van der Waals surface area contributed by atoms with E-state index in [1.807, 2.05) is 30.3 Å². The monoisotopic (exact) mass is 178 g/mol. The largest absolute Gasteiger partial charge is 0.385 e. The van der Waals surface area contributed by atoms with Crippen molar-refractivity contribution in [3.05, 3.63) is 35.2 Å². The van der Waals surface area contributed by atoms with Crippen LogP contribution in [0.25, 0.3) is 0 Å². The van der Waals surface area contributed by atoms with Crippen molar-refractivity contribution in [3.8, 4) is 0 Å². The number of hydrogen-bond acceptors (Lipinski definition) is 3. The van der Waals surface area contributed by atoms with E-state index in [0.717, 1.165) is 25.1 Å². The molecular formula is C10H14N2O. The lowest BCUT2D eigenvalue weighted by molar-refractivity contribution is 0.772. The average molecular weight is 178 g/mol. The second kappa shape index (κ2) is 6.17. The van der Waals surface area contributed by atoms with Crippen molar-refractivity contribution in [2.75, 3.05) is 18.4 Å². The molecule has 1 rings (SSSR count). The van der Waals surface area contributed by atoms with Gasteiger partial charge in [0.05, 0.1) is 6.54 Å². The van der Waals surface area contributed by atoms with Crippen LogP contribution in [0.1, 0.15) is 12.8 Å². The van der Waals surface area contributed by atoms with Crippen molar-refractivity contribution in [3.63, 3.8) is 0 Å². The molecule has 0 fully saturated rings. The molecule has 0 radical (unpaired) electrons. The zero-order valence-electron chi connectivity index (χ0n) is 7.57. The predicted molar refractivity (Wildman–Crippen MR) is 54.8 cm³/mol. The molecule has 1 aromatic rings. The lowest BCUT2D eigenvalue weighted by atomic mass is 10.3. The summed E-state index contributed by atoms with van der Waals surface area (Å²) >= 11 is 0. The van der Waals surface area contributed by atoms with Crippen LogP contribution in [0.5, 0.6) is 0 Å². The van der Waals surface area contributed by atoms with Crippen LogP contribution in [0.4, 0.5) is 5.69 Å². The molecule has 13 heavy (non-hydrogen) atoms. The molecule has 0 amide bonds. The summed E-state index contributed by atoms with van der Waals surface area (Å²) in [5.74, 6) is 0. The zero-order chi connectivity index (χ0) is 9.36. The first-order valence-electron chi connectivity index (χ1n) is 4.51. The molecule has 3 heteroatoms. The number of para-hydroxylation sites is 1. The van der Waals surface area contributed by atoms with Gasteiger partial charge in [-0.2, -0.15) is 4.91 Å². The first kappa shape index (κ1) is 9.71. The Balaban J connectivity index is 2.10. The lowest BCUT2D eigenvalue weighted by Crippen LogP contribution is -2.01. The topological polar surface area (TPSA) is 41.5 Å². The second-order valence-electron chi connectivity index (χ2n) is 2.85. The molecule has 0 aliphatic heterocycles.